The lowest BCUT2D eigenvalue weighted by atomic mass is 9.99. The van der Waals surface area contributed by atoms with Gasteiger partial charge in [-0.2, -0.15) is 0 Å². The molecule has 0 aromatic rings. The molecule has 1 rings (SSSR count). The highest BCUT2D eigenvalue weighted by Gasteiger charge is 2.37. The second-order valence-corrected chi connectivity index (χ2v) is 3.83. The van der Waals surface area contributed by atoms with Gasteiger partial charge < -0.3 is 26.6 Å². The molecule has 1 amide bonds. The Morgan fingerprint density at radius 2 is 2.16 bits per heavy atom. The topological polar surface area (TPSA) is 157 Å². The number of carboxylic acids is 1. The Kier molecular flexibility index (Phi) is 4.46. The van der Waals surface area contributed by atoms with Crippen molar-refractivity contribution in [2.45, 2.75) is 25.1 Å². The summed E-state index contributed by atoms with van der Waals surface area (Å²) < 4.78 is 4.95. The Bertz CT molecular complexity index is 455. The minimum atomic E-state index is -1.36. The molecule has 1 aliphatic heterocycles. The number of aldehydes is 1. The van der Waals surface area contributed by atoms with Gasteiger partial charge in [-0.1, -0.05) is 0 Å². The third-order valence-corrected chi connectivity index (χ3v) is 2.32. The first-order valence-electron chi connectivity index (χ1n) is 5.28. The summed E-state index contributed by atoms with van der Waals surface area (Å²) in [5, 5.41) is 11.3. The average molecular weight is 270 g/mol. The van der Waals surface area contributed by atoms with E-state index in [0.29, 0.717) is 6.29 Å². The number of amides is 1. The second-order valence-electron chi connectivity index (χ2n) is 3.83. The third-order valence-electron chi connectivity index (χ3n) is 2.32. The van der Waals surface area contributed by atoms with Crippen LogP contribution in [-0.2, 0) is 19.1 Å². The van der Waals surface area contributed by atoms with Crippen molar-refractivity contribution in [3.05, 3.63) is 11.8 Å². The van der Waals surface area contributed by atoms with Crippen LogP contribution < -0.4 is 16.8 Å². The highest BCUT2D eigenvalue weighted by Crippen LogP contribution is 2.20. The number of aliphatic carboxylic acids is 1. The molecule has 0 bridgehead atoms. The summed E-state index contributed by atoms with van der Waals surface area (Å²) in [5.74, 6) is -2.53. The molecule has 0 spiro atoms. The molecule has 9 nitrogen and oxygen atoms in total. The first kappa shape index (κ1) is 14.5. The molecule has 0 aromatic heterocycles. The molecule has 0 radical (unpaired) electrons. The number of nitrogens with one attached hydrogen (secondary N) is 1. The number of carbonyl (C=O) groups is 3. The Labute approximate surface area is 108 Å². The summed E-state index contributed by atoms with van der Waals surface area (Å²) in [6, 6.07) is -1.77. The molecule has 1 heterocycles. The largest absolute Gasteiger partial charge is 0.475 e. The number of aliphatic imine (C=N–C) groups is 1. The first-order valence-corrected chi connectivity index (χ1v) is 5.28. The van der Waals surface area contributed by atoms with Crippen molar-refractivity contribution >= 4 is 24.1 Å². The molecule has 9 heteroatoms. The van der Waals surface area contributed by atoms with E-state index in [9.17, 15) is 14.4 Å². The number of nitrogens with two attached hydrogens (primary N) is 2. The van der Waals surface area contributed by atoms with Crippen LogP contribution in [0.5, 0.6) is 0 Å². The van der Waals surface area contributed by atoms with Crippen LogP contribution in [0.4, 0.5) is 0 Å². The lowest BCUT2D eigenvalue weighted by molar-refractivity contribution is -0.140. The lowest BCUT2D eigenvalue weighted by Gasteiger charge is -2.32. The summed E-state index contributed by atoms with van der Waals surface area (Å²) >= 11 is 0. The quantitative estimate of drug-likeness (QED) is 0.254. The van der Waals surface area contributed by atoms with Gasteiger partial charge in [-0.25, -0.2) is 9.79 Å². The smallest absolute Gasteiger partial charge is 0.370 e. The van der Waals surface area contributed by atoms with Crippen LogP contribution in [-0.4, -0.2) is 47.4 Å². The van der Waals surface area contributed by atoms with Crippen LogP contribution in [0.3, 0.4) is 0 Å². The maximum absolute atomic E-state index is 11.1. The molecular formula is C10H14N4O5. The van der Waals surface area contributed by atoms with Crippen molar-refractivity contribution < 1.29 is 24.2 Å². The molecule has 3 atom stereocenters. The number of carbonyl (C=O) groups excluding carboxylic acids is 2. The second kappa shape index (κ2) is 5.85. The standard InChI is InChI=1S/C10H14N4O5/c1-4(16)13-8-5(14-10(11)12)2-6(9(17)18)19-7(8)3-15/h2-3,5,7-8H,1H3,(H,13,16)(H,17,18)(H4,11,12,14)/t5-,7-,8+/m0/s1. The molecule has 104 valence electrons. The van der Waals surface area contributed by atoms with Gasteiger partial charge in [-0.05, 0) is 6.08 Å². The summed E-state index contributed by atoms with van der Waals surface area (Å²) in [7, 11) is 0. The zero-order valence-electron chi connectivity index (χ0n) is 10.1. The highest BCUT2D eigenvalue weighted by atomic mass is 16.5. The fourth-order valence-electron chi connectivity index (χ4n) is 1.64. The molecule has 0 unspecified atom stereocenters. The monoisotopic (exact) mass is 270 g/mol. The number of hydrogen-bond donors (Lipinski definition) is 4. The first-order chi connectivity index (χ1) is 8.85. The molecule has 0 saturated heterocycles. The third kappa shape index (κ3) is 3.69. The molecule has 1 aliphatic rings. The van der Waals surface area contributed by atoms with Gasteiger partial charge in [-0.15, -0.1) is 0 Å². The number of hydrogen-bond acceptors (Lipinski definition) is 5. The van der Waals surface area contributed by atoms with E-state index in [1.807, 2.05) is 0 Å². The Morgan fingerprint density at radius 1 is 1.53 bits per heavy atom. The Hall–Kier alpha value is -2.58. The minimum absolute atomic E-state index is 0.298. The minimum Gasteiger partial charge on any atom is -0.475 e. The van der Waals surface area contributed by atoms with Gasteiger partial charge >= 0.3 is 5.97 Å². The van der Waals surface area contributed by atoms with E-state index in [2.05, 4.69) is 10.3 Å². The van der Waals surface area contributed by atoms with Crippen molar-refractivity contribution in [3.8, 4) is 0 Å². The molecule has 0 fully saturated rings. The maximum Gasteiger partial charge on any atom is 0.370 e. The number of ether oxygens (including phenoxy) is 1. The fraction of sp³-hybridized carbons (Fsp3) is 0.400. The van der Waals surface area contributed by atoms with Crippen LogP contribution in [0.15, 0.2) is 16.8 Å². The van der Waals surface area contributed by atoms with Gasteiger partial charge in [0.25, 0.3) is 0 Å². The van der Waals surface area contributed by atoms with E-state index in [4.69, 9.17) is 21.3 Å². The Balaban J connectivity index is 3.16. The molecule has 0 aliphatic carbocycles. The van der Waals surface area contributed by atoms with Crippen molar-refractivity contribution in [1.29, 1.82) is 0 Å². The van der Waals surface area contributed by atoms with Gasteiger partial charge in [0.05, 0.1) is 6.04 Å². The van der Waals surface area contributed by atoms with Crippen LogP contribution in [0.2, 0.25) is 0 Å². The molecule has 0 aromatic carbocycles. The molecular weight excluding hydrogens is 256 g/mol. The zero-order chi connectivity index (χ0) is 14.6. The zero-order valence-corrected chi connectivity index (χ0v) is 10.1. The van der Waals surface area contributed by atoms with Crippen LogP contribution >= 0.6 is 0 Å². The van der Waals surface area contributed by atoms with Crippen molar-refractivity contribution in [2.24, 2.45) is 16.5 Å². The summed E-state index contributed by atoms with van der Waals surface area (Å²) in [5.41, 5.74) is 10.5. The van der Waals surface area contributed by atoms with E-state index in [1.54, 1.807) is 0 Å². The lowest BCUT2D eigenvalue weighted by Crippen LogP contribution is -2.54. The summed E-state index contributed by atoms with van der Waals surface area (Å²) in [4.78, 5) is 36.7. The number of guanidine groups is 1. The van der Waals surface area contributed by atoms with Crippen LogP contribution in [0, 0.1) is 0 Å². The van der Waals surface area contributed by atoms with E-state index in [1.165, 1.54) is 6.92 Å². The van der Waals surface area contributed by atoms with Gasteiger partial charge in [0, 0.05) is 6.92 Å². The average Bonchev–Trinajstić information content (AvgIpc) is 2.29. The number of carboxylic acid groups (broad SMARTS) is 1. The van der Waals surface area contributed by atoms with Crippen LogP contribution in [0.25, 0.3) is 0 Å². The van der Waals surface area contributed by atoms with E-state index in [0.717, 1.165) is 6.08 Å². The maximum atomic E-state index is 11.1. The van der Waals surface area contributed by atoms with Gasteiger partial charge in [0.2, 0.25) is 11.7 Å². The van der Waals surface area contributed by atoms with E-state index < -0.39 is 35.8 Å². The number of nitrogens with zero attached hydrogens (tertiary/aromatic N) is 1. The Morgan fingerprint density at radius 3 is 2.58 bits per heavy atom. The van der Waals surface area contributed by atoms with Gasteiger partial charge in [0.15, 0.2) is 18.3 Å². The summed E-state index contributed by atoms with van der Waals surface area (Å²) in [6.07, 6.45) is 0.321. The van der Waals surface area contributed by atoms with E-state index >= 15 is 0 Å². The van der Waals surface area contributed by atoms with Crippen molar-refractivity contribution in [2.75, 3.05) is 0 Å². The van der Waals surface area contributed by atoms with Crippen molar-refractivity contribution in [3.63, 3.8) is 0 Å². The van der Waals surface area contributed by atoms with Crippen LogP contribution in [0.1, 0.15) is 6.92 Å². The predicted octanol–water partition coefficient (Wildman–Crippen LogP) is -2.30. The molecule has 0 saturated carbocycles. The summed E-state index contributed by atoms with van der Waals surface area (Å²) in [6.45, 7) is 1.24. The fourth-order valence-corrected chi connectivity index (χ4v) is 1.64. The van der Waals surface area contributed by atoms with Gasteiger partial charge in [0.1, 0.15) is 6.04 Å². The highest BCUT2D eigenvalue weighted by molar-refractivity contribution is 5.86. The normalized spacial score (nSPS) is 25.5. The molecule has 6 N–H and O–H groups in total. The molecule has 19 heavy (non-hydrogen) atoms. The van der Waals surface area contributed by atoms with E-state index in [-0.39, 0.29) is 5.96 Å². The SMILES string of the molecule is CC(=O)N[C@@H]1[C@@H](N=C(N)N)C=C(C(=O)O)O[C@H]1C=O. The number of rotatable bonds is 4. The van der Waals surface area contributed by atoms with Crippen molar-refractivity contribution in [1.82, 2.24) is 5.32 Å². The van der Waals surface area contributed by atoms with Gasteiger partial charge in [-0.3, -0.25) is 9.59 Å². The predicted molar refractivity (Wildman–Crippen MR) is 63.9 cm³/mol.